The van der Waals surface area contributed by atoms with Crippen LogP contribution >= 0.6 is 0 Å². The zero-order valence-electron chi connectivity index (χ0n) is 14.1. The van der Waals surface area contributed by atoms with Crippen molar-refractivity contribution in [3.05, 3.63) is 23.2 Å². The Morgan fingerprint density at radius 2 is 1.87 bits per heavy atom. The highest BCUT2D eigenvalue weighted by Gasteiger charge is 2.42. The fourth-order valence-corrected chi connectivity index (χ4v) is 2.68. The van der Waals surface area contributed by atoms with E-state index in [0.29, 0.717) is 17.1 Å². The van der Waals surface area contributed by atoms with Crippen molar-refractivity contribution < 1.29 is 23.1 Å². The lowest BCUT2D eigenvalue weighted by Gasteiger charge is -2.35. The zero-order chi connectivity index (χ0) is 17.5. The molecule has 4 nitrogen and oxygen atoms in total. The van der Waals surface area contributed by atoms with Crippen LogP contribution < -0.4 is 5.32 Å². The van der Waals surface area contributed by atoms with Gasteiger partial charge in [-0.05, 0) is 25.8 Å². The zero-order valence-corrected chi connectivity index (χ0v) is 14.1. The van der Waals surface area contributed by atoms with Gasteiger partial charge in [0.1, 0.15) is 11.5 Å². The summed E-state index contributed by atoms with van der Waals surface area (Å²) in [5.41, 5.74) is -1.06. The van der Waals surface area contributed by atoms with Gasteiger partial charge >= 0.3 is 0 Å². The van der Waals surface area contributed by atoms with Gasteiger partial charge in [0, 0.05) is 24.8 Å². The van der Waals surface area contributed by atoms with Gasteiger partial charge < -0.3 is 14.8 Å². The van der Waals surface area contributed by atoms with Gasteiger partial charge in [-0.15, -0.1) is 0 Å². The fraction of sp³-hybridized carbons (Fsp3) is 0.706. The number of aliphatic hydroxyl groups is 1. The number of halogens is 2. The molecule has 1 aliphatic carbocycles. The van der Waals surface area contributed by atoms with Crippen LogP contribution in [0.1, 0.15) is 68.3 Å². The minimum absolute atomic E-state index is 0.0160. The molecule has 0 radical (unpaired) electrons. The summed E-state index contributed by atoms with van der Waals surface area (Å²) in [7, 11) is 0. The molecule has 0 bridgehead atoms. The quantitative estimate of drug-likeness (QED) is 0.891. The minimum Gasteiger partial charge on any atom is -0.465 e. The van der Waals surface area contributed by atoms with Crippen LogP contribution in [0, 0.1) is 6.92 Å². The molecule has 6 heteroatoms. The van der Waals surface area contributed by atoms with Crippen LogP contribution in [0.3, 0.4) is 0 Å². The van der Waals surface area contributed by atoms with Crippen LogP contribution in [0.2, 0.25) is 0 Å². The molecule has 0 unspecified atom stereocenters. The lowest BCUT2D eigenvalue weighted by molar-refractivity contribution is -0.101. The Morgan fingerprint density at radius 3 is 2.35 bits per heavy atom. The molecule has 1 saturated carbocycles. The number of amides is 1. The number of carbonyl (C=O) groups excluding carboxylic acids is 1. The second-order valence-electron chi connectivity index (χ2n) is 7.59. The standard InChI is InChI=1S/C17H25F2NO3/c1-11-12(9-13(23-11)15(2,3)4)14(21)20-10-16(22)5-7-17(18,19)8-6-16/h9,22H,5-8,10H2,1-4H3,(H,20,21). The van der Waals surface area contributed by atoms with E-state index in [9.17, 15) is 18.7 Å². The molecule has 1 fully saturated rings. The lowest BCUT2D eigenvalue weighted by Crippen LogP contribution is -2.47. The first kappa shape index (κ1) is 17.9. The first-order chi connectivity index (χ1) is 10.4. The Kier molecular flexibility index (Phi) is 4.59. The molecule has 1 aliphatic rings. The molecule has 1 amide bonds. The maximum Gasteiger partial charge on any atom is 0.254 e. The summed E-state index contributed by atoms with van der Waals surface area (Å²) in [6.07, 6.45) is -0.730. The first-order valence-electron chi connectivity index (χ1n) is 7.91. The maximum absolute atomic E-state index is 13.2. The van der Waals surface area contributed by atoms with Crippen molar-refractivity contribution in [2.24, 2.45) is 0 Å². The summed E-state index contributed by atoms with van der Waals surface area (Å²) >= 11 is 0. The van der Waals surface area contributed by atoms with Crippen LogP contribution in [0.15, 0.2) is 10.5 Å². The van der Waals surface area contributed by atoms with E-state index >= 15 is 0 Å². The van der Waals surface area contributed by atoms with Crippen molar-refractivity contribution in [3.63, 3.8) is 0 Å². The molecule has 2 rings (SSSR count). The van der Waals surface area contributed by atoms with Gasteiger partial charge in [0.2, 0.25) is 5.92 Å². The van der Waals surface area contributed by atoms with E-state index in [-0.39, 0.29) is 43.6 Å². The Balaban J connectivity index is 1.99. The Hall–Kier alpha value is -1.43. The molecule has 1 aromatic rings. The predicted molar refractivity (Wildman–Crippen MR) is 82.8 cm³/mol. The summed E-state index contributed by atoms with van der Waals surface area (Å²) in [6.45, 7) is 7.63. The van der Waals surface area contributed by atoms with Gasteiger partial charge in [0.05, 0.1) is 11.2 Å². The van der Waals surface area contributed by atoms with Crippen molar-refractivity contribution >= 4 is 5.91 Å². The van der Waals surface area contributed by atoms with Crippen molar-refractivity contribution in [1.29, 1.82) is 0 Å². The Morgan fingerprint density at radius 1 is 1.30 bits per heavy atom. The van der Waals surface area contributed by atoms with E-state index in [1.165, 1.54) is 0 Å². The monoisotopic (exact) mass is 329 g/mol. The Labute approximate surface area is 135 Å². The van der Waals surface area contributed by atoms with Gasteiger partial charge in [-0.1, -0.05) is 20.8 Å². The summed E-state index contributed by atoms with van der Waals surface area (Å²) in [6, 6.07) is 1.70. The average molecular weight is 329 g/mol. The van der Waals surface area contributed by atoms with E-state index in [1.807, 2.05) is 20.8 Å². The molecular formula is C17H25F2NO3. The molecule has 23 heavy (non-hydrogen) atoms. The summed E-state index contributed by atoms with van der Waals surface area (Å²) < 4.78 is 32.0. The number of rotatable bonds is 3. The van der Waals surface area contributed by atoms with Gasteiger partial charge in [0.25, 0.3) is 5.91 Å². The highest BCUT2D eigenvalue weighted by atomic mass is 19.3. The minimum atomic E-state index is -2.71. The molecule has 0 aromatic carbocycles. The normalized spacial score (nSPS) is 20.3. The summed E-state index contributed by atoms with van der Waals surface area (Å²) in [5.74, 6) is -1.85. The second kappa shape index (κ2) is 5.89. The van der Waals surface area contributed by atoms with Crippen LogP contribution in [0.25, 0.3) is 0 Å². The molecular weight excluding hydrogens is 304 g/mol. The smallest absolute Gasteiger partial charge is 0.254 e. The molecule has 0 atom stereocenters. The Bertz CT molecular complexity index is 577. The SMILES string of the molecule is Cc1oc(C(C)(C)C)cc1C(=O)NCC1(O)CCC(F)(F)CC1. The largest absolute Gasteiger partial charge is 0.465 e. The fourth-order valence-electron chi connectivity index (χ4n) is 2.68. The van der Waals surface area contributed by atoms with Crippen LogP contribution in [-0.2, 0) is 5.41 Å². The van der Waals surface area contributed by atoms with Crippen LogP contribution in [-0.4, -0.2) is 29.1 Å². The molecule has 0 spiro atoms. The molecule has 0 saturated heterocycles. The van der Waals surface area contributed by atoms with E-state index < -0.39 is 11.5 Å². The van der Waals surface area contributed by atoms with Crippen LogP contribution in [0.5, 0.6) is 0 Å². The highest BCUT2D eigenvalue weighted by molar-refractivity contribution is 5.95. The number of carbonyl (C=O) groups is 1. The molecule has 1 aromatic heterocycles. The number of furan rings is 1. The highest BCUT2D eigenvalue weighted by Crippen LogP contribution is 2.38. The molecule has 2 N–H and O–H groups in total. The molecule has 1 heterocycles. The van der Waals surface area contributed by atoms with Gasteiger partial charge in [-0.25, -0.2) is 8.78 Å². The number of aryl methyl sites for hydroxylation is 1. The van der Waals surface area contributed by atoms with Gasteiger partial charge in [0.15, 0.2) is 0 Å². The number of hydrogen-bond acceptors (Lipinski definition) is 3. The first-order valence-corrected chi connectivity index (χ1v) is 7.91. The molecule has 130 valence electrons. The van der Waals surface area contributed by atoms with Crippen molar-refractivity contribution in [2.75, 3.05) is 6.54 Å². The maximum atomic E-state index is 13.2. The third-order valence-corrected chi connectivity index (χ3v) is 4.39. The average Bonchev–Trinajstić information content (AvgIpc) is 2.83. The van der Waals surface area contributed by atoms with E-state index in [2.05, 4.69) is 5.32 Å². The number of hydrogen-bond donors (Lipinski definition) is 2. The lowest BCUT2D eigenvalue weighted by atomic mass is 9.82. The molecule has 0 aliphatic heterocycles. The van der Waals surface area contributed by atoms with E-state index in [4.69, 9.17) is 4.42 Å². The summed E-state index contributed by atoms with van der Waals surface area (Å²) in [5, 5.41) is 13.0. The van der Waals surface area contributed by atoms with Gasteiger partial charge in [-0.2, -0.15) is 0 Å². The van der Waals surface area contributed by atoms with E-state index in [1.54, 1.807) is 13.0 Å². The summed E-state index contributed by atoms with van der Waals surface area (Å²) in [4.78, 5) is 12.3. The number of alkyl halides is 2. The van der Waals surface area contributed by atoms with Crippen LogP contribution in [0.4, 0.5) is 8.78 Å². The number of nitrogens with one attached hydrogen (secondary N) is 1. The second-order valence-corrected chi connectivity index (χ2v) is 7.59. The van der Waals surface area contributed by atoms with Crippen molar-refractivity contribution in [3.8, 4) is 0 Å². The third kappa shape index (κ3) is 4.31. The van der Waals surface area contributed by atoms with Crippen molar-refractivity contribution in [1.82, 2.24) is 5.32 Å². The van der Waals surface area contributed by atoms with E-state index in [0.717, 1.165) is 0 Å². The predicted octanol–water partition coefficient (Wildman–Crippen LogP) is 3.56. The van der Waals surface area contributed by atoms with Crippen molar-refractivity contribution in [2.45, 2.75) is 70.3 Å². The van der Waals surface area contributed by atoms with Gasteiger partial charge in [-0.3, -0.25) is 4.79 Å². The topological polar surface area (TPSA) is 62.5 Å². The third-order valence-electron chi connectivity index (χ3n) is 4.39.